The first-order chi connectivity index (χ1) is 7.13. The summed E-state index contributed by atoms with van der Waals surface area (Å²) in [5, 5.41) is 0. The van der Waals surface area contributed by atoms with Gasteiger partial charge >= 0.3 is 0 Å². The Morgan fingerprint density at radius 2 is 2.33 bits per heavy atom. The quantitative estimate of drug-likeness (QED) is 0.837. The third kappa shape index (κ3) is 4.33. The molecular weight excluding hydrogens is 230 g/mol. The van der Waals surface area contributed by atoms with Gasteiger partial charge in [0.15, 0.2) is 5.78 Å². The molecule has 0 bridgehead atoms. The highest BCUT2D eigenvalue weighted by Crippen LogP contribution is 2.22. The Bertz CT molecular complexity index is 324. The second kappa shape index (κ2) is 6.26. The zero-order chi connectivity index (χ0) is 11.3. The fourth-order valence-electron chi connectivity index (χ4n) is 1.33. The highest BCUT2D eigenvalue weighted by Gasteiger charge is 2.14. The van der Waals surface area contributed by atoms with Crippen molar-refractivity contribution >= 4 is 28.7 Å². The highest BCUT2D eigenvalue weighted by molar-refractivity contribution is 7.16. The fourth-order valence-corrected chi connectivity index (χ4v) is 2.43. The van der Waals surface area contributed by atoms with E-state index in [2.05, 4.69) is 6.92 Å². The van der Waals surface area contributed by atoms with Crippen molar-refractivity contribution in [1.82, 2.24) is 0 Å². The van der Waals surface area contributed by atoms with Crippen molar-refractivity contribution in [3.63, 3.8) is 0 Å². The minimum atomic E-state index is -0.314. The molecule has 1 aromatic heterocycles. The number of nitrogens with two attached hydrogens (primary N) is 1. The van der Waals surface area contributed by atoms with E-state index in [1.165, 1.54) is 11.3 Å². The molecule has 1 unspecified atom stereocenters. The Kier molecular flexibility index (Phi) is 5.29. The van der Waals surface area contributed by atoms with Crippen LogP contribution in [0.5, 0.6) is 0 Å². The summed E-state index contributed by atoms with van der Waals surface area (Å²) in [6.45, 7) is 2.09. The summed E-state index contributed by atoms with van der Waals surface area (Å²) in [5.41, 5.74) is 5.78. The number of Topliss-reactive ketones (excluding diaryl/α,β-unsaturated/α-hetero) is 1. The van der Waals surface area contributed by atoms with Gasteiger partial charge in [-0.05, 0) is 18.6 Å². The van der Waals surface area contributed by atoms with Crippen LogP contribution in [0.25, 0.3) is 0 Å². The molecule has 0 saturated carbocycles. The Balaban J connectivity index is 2.41. The van der Waals surface area contributed by atoms with Crippen LogP contribution in [0, 0.1) is 0 Å². The van der Waals surface area contributed by atoms with E-state index in [1.807, 2.05) is 12.1 Å². The average molecular weight is 246 g/mol. The van der Waals surface area contributed by atoms with E-state index in [1.54, 1.807) is 0 Å². The first-order valence-corrected chi connectivity index (χ1v) is 6.35. The van der Waals surface area contributed by atoms with Gasteiger partial charge < -0.3 is 5.73 Å². The molecule has 0 saturated heterocycles. The maximum absolute atomic E-state index is 11.7. The third-order valence-electron chi connectivity index (χ3n) is 2.26. The fraction of sp³-hybridized carbons (Fsp3) is 0.545. The van der Waals surface area contributed by atoms with Gasteiger partial charge in [0, 0.05) is 11.3 Å². The van der Waals surface area contributed by atoms with Gasteiger partial charge in [-0.25, -0.2) is 0 Å². The largest absolute Gasteiger partial charge is 0.321 e. The van der Waals surface area contributed by atoms with Gasteiger partial charge in [-0.1, -0.05) is 31.4 Å². The summed E-state index contributed by atoms with van der Waals surface area (Å²) in [5.74, 6) is 0.113. The molecule has 0 spiro atoms. The molecule has 2 N–H and O–H groups in total. The van der Waals surface area contributed by atoms with E-state index in [0.717, 1.165) is 28.5 Å². The Hall–Kier alpha value is -0.380. The van der Waals surface area contributed by atoms with Crippen molar-refractivity contribution < 1.29 is 4.79 Å². The average Bonchev–Trinajstić information content (AvgIpc) is 2.60. The van der Waals surface area contributed by atoms with Gasteiger partial charge in [-0.3, -0.25) is 4.79 Å². The van der Waals surface area contributed by atoms with Crippen LogP contribution in [0.4, 0.5) is 0 Å². The number of carbonyl (C=O) groups excluding carboxylic acids is 1. The van der Waals surface area contributed by atoms with E-state index in [0.29, 0.717) is 6.42 Å². The number of halogens is 1. The normalized spacial score (nSPS) is 12.7. The minimum absolute atomic E-state index is 0.113. The molecular formula is C11H16ClNOS. The monoisotopic (exact) mass is 245 g/mol. The van der Waals surface area contributed by atoms with Gasteiger partial charge in [-0.2, -0.15) is 0 Å². The van der Waals surface area contributed by atoms with Crippen molar-refractivity contribution in [3.8, 4) is 0 Å². The number of hydrogen-bond donors (Lipinski definition) is 1. The molecule has 1 atom stereocenters. The molecule has 1 aromatic rings. The summed E-state index contributed by atoms with van der Waals surface area (Å²) >= 11 is 7.23. The van der Waals surface area contributed by atoms with Crippen LogP contribution in [0.15, 0.2) is 12.1 Å². The molecule has 15 heavy (non-hydrogen) atoms. The number of ketones is 1. The van der Waals surface area contributed by atoms with Crippen LogP contribution < -0.4 is 5.73 Å². The van der Waals surface area contributed by atoms with Crippen LogP contribution in [0.3, 0.4) is 0 Å². The molecule has 0 amide bonds. The van der Waals surface area contributed by atoms with Gasteiger partial charge in [0.25, 0.3) is 0 Å². The Morgan fingerprint density at radius 3 is 2.87 bits per heavy atom. The number of hydrogen-bond acceptors (Lipinski definition) is 3. The Morgan fingerprint density at radius 1 is 1.60 bits per heavy atom. The first kappa shape index (κ1) is 12.7. The molecule has 4 heteroatoms. The topological polar surface area (TPSA) is 43.1 Å². The lowest BCUT2D eigenvalue weighted by Crippen LogP contribution is -2.31. The molecule has 84 valence electrons. The lowest BCUT2D eigenvalue weighted by molar-refractivity contribution is -0.119. The molecule has 0 aliphatic heterocycles. The zero-order valence-corrected chi connectivity index (χ0v) is 10.4. The van der Waals surface area contributed by atoms with E-state index in [9.17, 15) is 4.79 Å². The van der Waals surface area contributed by atoms with Crippen molar-refractivity contribution in [2.24, 2.45) is 5.73 Å². The van der Waals surface area contributed by atoms with Crippen LogP contribution in [0.2, 0.25) is 4.34 Å². The van der Waals surface area contributed by atoms with Gasteiger partial charge in [0.05, 0.1) is 10.4 Å². The van der Waals surface area contributed by atoms with E-state index in [4.69, 9.17) is 17.3 Å². The van der Waals surface area contributed by atoms with Crippen LogP contribution in [-0.4, -0.2) is 11.8 Å². The van der Waals surface area contributed by atoms with Gasteiger partial charge in [0.1, 0.15) is 0 Å². The molecule has 0 radical (unpaired) electrons. The summed E-state index contributed by atoms with van der Waals surface area (Å²) in [4.78, 5) is 12.7. The molecule has 1 heterocycles. The molecule has 0 fully saturated rings. The molecule has 0 aliphatic carbocycles. The zero-order valence-electron chi connectivity index (χ0n) is 8.83. The lowest BCUT2D eigenvalue weighted by atomic mass is 10.0. The van der Waals surface area contributed by atoms with Crippen LogP contribution >= 0.6 is 22.9 Å². The van der Waals surface area contributed by atoms with Crippen molar-refractivity contribution in [2.75, 3.05) is 0 Å². The van der Waals surface area contributed by atoms with Gasteiger partial charge in [-0.15, -0.1) is 11.3 Å². The van der Waals surface area contributed by atoms with Crippen LogP contribution in [0.1, 0.15) is 31.1 Å². The first-order valence-electron chi connectivity index (χ1n) is 5.16. The SMILES string of the molecule is CCCCC(N)C(=O)Cc1ccc(Cl)s1. The number of unbranched alkanes of at least 4 members (excludes halogenated alkanes) is 1. The van der Waals surface area contributed by atoms with E-state index >= 15 is 0 Å². The summed E-state index contributed by atoms with van der Waals surface area (Å²) in [6.07, 6.45) is 3.29. The second-order valence-electron chi connectivity index (χ2n) is 3.60. The van der Waals surface area contributed by atoms with E-state index in [-0.39, 0.29) is 11.8 Å². The van der Waals surface area contributed by atoms with Crippen LogP contribution in [-0.2, 0) is 11.2 Å². The standard InChI is InChI=1S/C11H16ClNOS/c1-2-3-4-9(13)10(14)7-8-5-6-11(12)15-8/h5-6,9H,2-4,7,13H2,1H3. The number of rotatable bonds is 6. The highest BCUT2D eigenvalue weighted by atomic mass is 35.5. The summed E-state index contributed by atoms with van der Waals surface area (Å²) < 4.78 is 0.722. The lowest BCUT2D eigenvalue weighted by Gasteiger charge is -2.08. The van der Waals surface area contributed by atoms with Crippen molar-refractivity contribution in [3.05, 3.63) is 21.3 Å². The van der Waals surface area contributed by atoms with E-state index < -0.39 is 0 Å². The summed E-state index contributed by atoms with van der Waals surface area (Å²) in [7, 11) is 0. The smallest absolute Gasteiger partial charge is 0.154 e. The predicted molar refractivity (Wildman–Crippen MR) is 65.5 cm³/mol. The molecule has 0 aliphatic rings. The number of carbonyl (C=O) groups is 1. The maximum Gasteiger partial charge on any atom is 0.154 e. The Labute approximate surface area is 99.4 Å². The molecule has 1 rings (SSSR count). The second-order valence-corrected chi connectivity index (χ2v) is 5.40. The molecule has 2 nitrogen and oxygen atoms in total. The minimum Gasteiger partial charge on any atom is -0.321 e. The predicted octanol–water partition coefficient (Wildman–Crippen LogP) is 3.03. The van der Waals surface area contributed by atoms with Crippen molar-refractivity contribution in [1.29, 1.82) is 0 Å². The van der Waals surface area contributed by atoms with Crippen molar-refractivity contribution in [2.45, 2.75) is 38.6 Å². The third-order valence-corrected chi connectivity index (χ3v) is 3.49. The maximum atomic E-state index is 11.7. The number of thiophene rings is 1. The summed E-state index contributed by atoms with van der Waals surface area (Å²) in [6, 6.07) is 3.38. The molecule has 0 aromatic carbocycles. The van der Waals surface area contributed by atoms with Gasteiger partial charge in [0.2, 0.25) is 0 Å².